The molecule has 1 aromatic heterocycles. The second kappa shape index (κ2) is 8.62. The number of hydrogen-bond donors (Lipinski definition) is 3. The van der Waals surface area contributed by atoms with E-state index in [1.54, 1.807) is 6.07 Å². The lowest BCUT2D eigenvalue weighted by atomic mass is 10.1. The first kappa shape index (κ1) is 18.2. The van der Waals surface area contributed by atoms with Crippen LogP contribution in [-0.4, -0.2) is 35.2 Å². The van der Waals surface area contributed by atoms with Gasteiger partial charge in [0.2, 0.25) is 5.91 Å². The Morgan fingerprint density at radius 1 is 1.24 bits per heavy atom. The summed E-state index contributed by atoms with van der Waals surface area (Å²) in [5.74, 6) is 0.0442. The highest BCUT2D eigenvalue weighted by molar-refractivity contribution is 5.92. The van der Waals surface area contributed by atoms with E-state index < -0.39 is 0 Å². The molecule has 0 aliphatic rings. The quantitative estimate of drug-likeness (QED) is 0.696. The Morgan fingerprint density at radius 3 is 2.68 bits per heavy atom. The third-order valence-electron chi connectivity index (χ3n) is 3.27. The van der Waals surface area contributed by atoms with Crippen LogP contribution < -0.4 is 20.9 Å². The van der Waals surface area contributed by atoms with Gasteiger partial charge in [0.05, 0.1) is 12.3 Å². The van der Waals surface area contributed by atoms with Crippen LogP contribution in [0.25, 0.3) is 0 Å². The normalized spacial score (nSPS) is 10.2. The van der Waals surface area contributed by atoms with E-state index in [0.29, 0.717) is 31.0 Å². The van der Waals surface area contributed by atoms with Gasteiger partial charge in [0.1, 0.15) is 11.4 Å². The first-order chi connectivity index (χ1) is 12.0. The van der Waals surface area contributed by atoms with Crippen molar-refractivity contribution in [2.24, 2.45) is 0 Å². The van der Waals surface area contributed by atoms with E-state index in [1.807, 2.05) is 19.1 Å². The number of nitrogens with one attached hydrogen (secondary N) is 3. The molecule has 8 nitrogen and oxygen atoms in total. The van der Waals surface area contributed by atoms with Crippen molar-refractivity contribution in [2.45, 2.75) is 20.3 Å². The van der Waals surface area contributed by atoms with Crippen LogP contribution in [0.2, 0.25) is 0 Å². The van der Waals surface area contributed by atoms with Crippen molar-refractivity contribution in [1.29, 1.82) is 0 Å². The van der Waals surface area contributed by atoms with Gasteiger partial charge >= 0.3 is 0 Å². The third kappa shape index (κ3) is 5.45. The molecule has 132 valence electrons. The molecule has 0 aliphatic carbocycles. The maximum Gasteiger partial charge on any atom is 0.271 e. The number of carbonyl (C=O) groups is 2. The van der Waals surface area contributed by atoms with Crippen LogP contribution in [0.4, 0.5) is 5.69 Å². The molecule has 0 saturated carbocycles. The molecule has 0 saturated heterocycles. The highest BCUT2D eigenvalue weighted by Gasteiger charge is 2.09. The zero-order valence-corrected chi connectivity index (χ0v) is 14.1. The number of hydrogen-bond acceptors (Lipinski definition) is 5. The summed E-state index contributed by atoms with van der Waals surface area (Å²) in [5, 5.41) is 11.3. The summed E-state index contributed by atoms with van der Waals surface area (Å²) in [6.07, 6.45) is 0.564. The Labute approximate surface area is 144 Å². The van der Waals surface area contributed by atoms with E-state index in [1.165, 1.54) is 19.1 Å². The molecule has 25 heavy (non-hydrogen) atoms. The number of amides is 2. The Balaban J connectivity index is 1.97. The molecule has 2 amide bonds. The maximum atomic E-state index is 11.9. The van der Waals surface area contributed by atoms with Crippen LogP contribution in [0, 0.1) is 0 Å². The summed E-state index contributed by atoms with van der Waals surface area (Å²) >= 11 is 0. The molecule has 0 atom stereocenters. The van der Waals surface area contributed by atoms with Crippen molar-refractivity contribution in [3.05, 3.63) is 51.9 Å². The number of carbonyl (C=O) groups excluding carboxylic acids is 2. The molecule has 0 bridgehead atoms. The molecule has 1 aromatic carbocycles. The molecule has 0 unspecified atom stereocenters. The number of aromatic amines is 1. The lowest BCUT2D eigenvalue weighted by molar-refractivity contribution is -0.114. The summed E-state index contributed by atoms with van der Waals surface area (Å²) in [7, 11) is 0. The van der Waals surface area contributed by atoms with Crippen molar-refractivity contribution >= 4 is 17.5 Å². The number of benzene rings is 1. The van der Waals surface area contributed by atoms with E-state index in [4.69, 9.17) is 4.74 Å². The fourth-order valence-electron chi connectivity index (χ4n) is 2.18. The van der Waals surface area contributed by atoms with Gasteiger partial charge in [0.15, 0.2) is 0 Å². The van der Waals surface area contributed by atoms with Gasteiger partial charge in [-0.05, 0) is 37.1 Å². The molecular weight excluding hydrogens is 324 g/mol. The van der Waals surface area contributed by atoms with Crippen LogP contribution in [-0.2, 0) is 11.2 Å². The van der Waals surface area contributed by atoms with Crippen molar-refractivity contribution in [1.82, 2.24) is 15.5 Å². The first-order valence-electron chi connectivity index (χ1n) is 7.87. The van der Waals surface area contributed by atoms with Crippen molar-refractivity contribution in [2.75, 3.05) is 18.5 Å². The van der Waals surface area contributed by atoms with Gasteiger partial charge in [-0.15, -0.1) is 0 Å². The molecule has 2 rings (SSSR count). The number of anilines is 1. The molecular formula is C17H20N4O4. The molecule has 8 heteroatoms. The molecule has 0 fully saturated rings. The topological polar surface area (TPSA) is 113 Å². The largest absolute Gasteiger partial charge is 0.492 e. The van der Waals surface area contributed by atoms with Gasteiger partial charge in [-0.2, -0.15) is 5.10 Å². The van der Waals surface area contributed by atoms with Gasteiger partial charge in [0, 0.05) is 19.5 Å². The highest BCUT2D eigenvalue weighted by atomic mass is 16.5. The number of aromatic nitrogens is 2. The Hall–Kier alpha value is -3.16. The average molecular weight is 344 g/mol. The van der Waals surface area contributed by atoms with Crippen molar-refractivity contribution in [3.8, 4) is 5.75 Å². The summed E-state index contributed by atoms with van der Waals surface area (Å²) in [4.78, 5) is 34.2. The van der Waals surface area contributed by atoms with E-state index in [0.717, 1.165) is 5.56 Å². The van der Waals surface area contributed by atoms with Crippen LogP contribution in [0.1, 0.15) is 29.9 Å². The predicted octanol–water partition coefficient (Wildman–Crippen LogP) is 1.10. The fourth-order valence-corrected chi connectivity index (χ4v) is 2.18. The summed E-state index contributed by atoms with van der Waals surface area (Å²) in [6, 6.07) is 8.08. The first-order valence-corrected chi connectivity index (χ1v) is 7.87. The summed E-state index contributed by atoms with van der Waals surface area (Å²) in [5.41, 5.74) is 1.31. The van der Waals surface area contributed by atoms with E-state index in [-0.39, 0.29) is 23.1 Å². The van der Waals surface area contributed by atoms with E-state index in [9.17, 15) is 14.4 Å². The standard InChI is InChI=1S/C17H20N4O4/c1-3-25-15-6-4-12(10-14(15)19-11(2)22)8-9-18-17(24)13-5-7-16(23)21-20-13/h4-7,10H,3,8-9H2,1-2H3,(H,18,24)(H,19,22)(H,21,23). The third-order valence-corrected chi connectivity index (χ3v) is 3.27. The Bertz CT molecular complexity index is 796. The molecule has 1 heterocycles. The van der Waals surface area contributed by atoms with E-state index in [2.05, 4.69) is 20.8 Å². The van der Waals surface area contributed by atoms with Crippen LogP contribution in [0.3, 0.4) is 0 Å². The minimum Gasteiger partial charge on any atom is -0.492 e. The highest BCUT2D eigenvalue weighted by Crippen LogP contribution is 2.26. The average Bonchev–Trinajstić information content (AvgIpc) is 2.57. The summed E-state index contributed by atoms with van der Waals surface area (Å²) < 4.78 is 5.48. The van der Waals surface area contributed by atoms with Gasteiger partial charge in [-0.25, -0.2) is 5.10 Å². The molecule has 3 N–H and O–H groups in total. The van der Waals surface area contributed by atoms with Gasteiger partial charge in [0.25, 0.3) is 11.5 Å². The van der Waals surface area contributed by atoms with Crippen LogP contribution in [0.15, 0.2) is 35.1 Å². The Kier molecular flexibility index (Phi) is 6.27. The monoisotopic (exact) mass is 344 g/mol. The van der Waals surface area contributed by atoms with Gasteiger partial charge in [-0.3, -0.25) is 14.4 Å². The lowest BCUT2D eigenvalue weighted by Gasteiger charge is -2.12. The second-order valence-corrected chi connectivity index (χ2v) is 5.26. The Morgan fingerprint density at radius 2 is 2.04 bits per heavy atom. The SMILES string of the molecule is CCOc1ccc(CCNC(=O)c2ccc(=O)[nH]n2)cc1NC(C)=O. The minimum atomic E-state index is -0.371. The van der Waals surface area contributed by atoms with Gasteiger partial charge < -0.3 is 15.4 Å². The van der Waals surface area contributed by atoms with Crippen molar-refractivity contribution in [3.63, 3.8) is 0 Å². The number of rotatable bonds is 7. The number of ether oxygens (including phenoxy) is 1. The molecule has 2 aromatic rings. The molecule has 0 spiro atoms. The second-order valence-electron chi connectivity index (χ2n) is 5.26. The van der Waals surface area contributed by atoms with E-state index >= 15 is 0 Å². The fraction of sp³-hybridized carbons (Fsp3) is 0.294. The number of H-pyrrole nitrogens is 1. The number of nitrogens with zero attached hydrogens (tertiary/aromatic N) is 1. The van der Waals surface area contributed by atoms with Crippen LogP contribution in [0.5, 0.6) is 5.75 Å². The molecule has 0 radical (unpaired) electrons. The molecule has 0 aliphatic heterocycles. The lowest BCUT2D eigenvalue weighted by Crippen LogP contribution is -2.27. The smallest absolute Gasteiger partial charge is 0.271 e. The summed E-state index contributed by atoms with van der Waals surface area (Å²) in [6.45, 7) is 4.17. The zero-order valence-electron chi connectivity index (χ0n) is 14.1. The minimum absolute atomic E-state index is 0.144. The predicted molar refractivity (Wildman–Crippen MR) is 92.8 cm³/mol. The van der Waals surface area contributed by atoms with Crippen molar-refractivity contribution < 1.29 is 14.3 Å². The maximum absolute atomic E-state index is 11.9. The van der Waals surface area contributed by atoms with Gasteiger partial charge in [-0.1, -0.05) is 6.07 Å². The van der Waals surface area contributed by atoms with Crippen LogP contribution >= 0.6 is 0 Å². The zero-order chi connectivity index (χ0) is 18.2.